The van der Waals surface area contributed by atoms with Gasteiger partial charge in [-0.05, 0) is 38.0 Å². The first-order valence-corrected chi connectivity index (χ1v) is 8.50. The van der Waals surface area contributed by atoms with Crippen LogP contribution in [0.1, 0.15) is 26.7 Å². The van der Waals surface area contributed by atoms with Gasteiger partial charge >= 0.3 is 0 Å². The number of ether oxygens (including phenoxy) is 2. The molecule has 1 N–H and O–H groups in total. The molecule has 2 aromatic rings. The van der Waals surface area contributed by atoms with Gasteiger partial charge in [0.15, 0.2) is 5.13 Å². The minimum Gasteiger partial charge on any atom is -0.494 e. The van der Waals surface area contributed by atoms with E-state index in [9.17, 15) is 0 Å². The Morgan fingerprint density at radius 3 is 3.14 bits per heavy atom. The lowest BCUT2D eigenvalue weighted by Crippen LogP contribution is -2.22. The molecule has 0 bridgehead atoms. The van der Waals surface area contributed by atoms with Crippen LogP contribution in [0.2, 0.25) is 0 Å². The smallest absolute Gasteiger partial charge is 0.183 e. The van der Waals surface area contributed by atoms with Gasteiger partial charge in [-0.2, -0.15) is 0 Å². The lowest BCUT2D eigenvalue weighted by molar-refractivity contribution is 0.0900. The SMILES string of the molecule is CCOc1ccc2nc(NCC3CCOC3CC)sc2c1. The molecule has 1 aromatic heterocycles. The van der Waals surface area contributed by atoms with Gasteiger partial charge < -0.3 is 14.8 Å². The summed E-state index contributed by atoms with van der Waals surface area (Å²) in [7, 11) is 0. The zero-order valence-electron chi connectivity index (χ0n) is 12.6. The number of anilines is 1. The summed E-state index contributed by atoms with van der Waals surface area (Å²) in [5.74, 6) is 1.51. The fourth-order valence-electron chi connectivity index (χ4n) is 2.83. The summed E-state index contributed by atoms with van der Waals surface area (Å²) >= 11 is 1.69. The maximum absolute atomic E-state index is 5.73. The average Bonchev–Trinajstić information content (AvgIpc) is 3.10. The van der Waals surface area contributed by atoms with E-state index in [2.05, 4.69) is 23.3 Å². The minimum atomic E-state index is 0.399. The lowest BCUT2D eigenvalue weighted by Gasteiger charge is -2.16. The highest BCUT2D eigenvalue weighted by atomic mass is 32.1. The van der Waals surface area contributed by atoms with Gasteiger partial charge in [-0.15, -0.1) is 0 Å². The predicted molar refractivity (Wildman–Crippen MR) is 87.4 cm³/mol. The number of nitrogens with one attached hydrogen (secondary N) is 1. The summed E-state index contributed by atoms with van der Waals surface area (Å²) in [5, 5.41) is 4.46. The summed E-state index contributed by atoms with van der Waals surface area (Å²) in [5.41, 5.74) is 1.03. The van der Waals surface area contributed by atoms with Crippen molar-refractivity contribution in [1.82, 2.24) is 4.98 Å². The number of aromatic nitrogens is 1. The largest absolute Gasteiger partial charge is 0.494 e. The molecule has 5 heteroatoms. The molecule has 1 fully saturated rings. The monoisotopic (exact) mass is 306 g/mol. The first-order valence-electron chi connectivity index (χ1n) is 7.69. The fraction of sp³-hybridized carbons (Fsp3) is 0.562. The molecule has 1 aromatic carbocycles. The molecule has 0 spiro atoms. The summed E-state index contributed by atoms with van der Waals surface area (Å²) in [6.07, 6.45) is 2.63. The number of rotatable bonds is 6. The van der Waals surface area contributed by atoms with E-state index in [1.54, 1.807) is 11.3 Å². The van der Waals surface area contributed by atoms with E-state index in [1.165, 1.54) is 0 Å². The molecule has 1 aliphatic heterocycles. The Morgan fingerprint density at radius 2 is 2.33 bits per heavy atom. The third-order valence-corrected chi connectivity index (χ3v) is 4.91. The Hall–Kier alpha value is -1.33. The first kappa shape index (κ1) is 14.6. The predicted octanol–water partition coefficient (Wildman–Crippen LogP) is 3.92. The molecule has 1 saturated heterocycles. The van der Waals surface area contributed by atoms with Crippen LogP contribution in [0.15, 0.2) is 18.2 Å². The van der Waals surface area contributed by atoms with Crippen molar-refractivity contribution in [3.05, 3.63) is 18.2 Å². The van der Waals surface area contributed by atoms with Crippen LogP contribution in [0, 0.1) is 5.92 Å². The second-order valence-electron chi connectivity index (χ2n) is 5.33. The van der Waals surface area contributed by atoms with Gasteiger partial charge in [0.2, 0.25) is 0 Å². The van der Waals surface area contributed by atoms with Crippen LogP contribution in [0.5, 0.6) is 5.75 Å². The van der Waals surface area contributed by atoms with Crippen LogP contribution in [0.3, 0.4) is 0 Å². The van der Waals surface area contributed by atoms with Gasteiger partial charge in [-0.3, -0.25) is 0 Å². The van der Waals surface area contributed by atoms with Gasteiger partial charge in [0.1, 0.15) is 5.75 Å². The molecule has 2 heterocycles. The first-order chi connectivity index (χ1) is 10.3. The number of hydrogen-bond acceptors (Lipinski definition) is 5. The van der Waals surface area contributed by atoms with Crippen molar-refractivity contribution in [2.24, 2.45) is 5.92 Å². The maximum atomic E-state index is 5.73. The van der Waals surface area contributed by atoms with Crippen molar-refractivity contribution >= 4 is 26.7 Å². The van der Waals surface area contributed by atoms with Crippen molar-refractivity contribution in [2.45, 2.75) is 32.8 Å². The molecular formula is C16H22N2O2S. The second kappa shape index (κ2) is 6.62. The van der Waals surface area contributed by atoms with Gasteiger partial charge in [0.25, 0.3) is 0 Å². The van der Waals surface area contributed by atoms with Crippen LogP contribution in [0.4, 0.5) is 5.13 Å². The molecule has 2 unspecified atom stereocenters. The Balaban J connectivity index is 1.67. The zero-order valence-corrected chi connectivity index (χ0v) is 13.4. The normalized spacial score (nSPS) is 21.8. The third kappa shape index (κ3) is 3.30. The van der Waals surface area contributed by atoms with E-state index >= 15 is 0 Å². The van der Waals surface area contributed by atoms with Crippen molar-refractivity contribution in [1.29, 1.82) is 0 Å². The second-order valence-corrected chi connectivity index (χ2v) is 6.36. The minimum absolute atomic E-state index is 0.399. The fourth-order valence-corrected chi connectivity index (χ4v) is 3.73. The van der Waals surface area contributed by atoms with Crippen LogP contribution < -0.4 is 10.1 Å². The van der Waals surface area contributed by atoms with Gasteiger partial charge in [-0.1, -0.05) is 18.3 Å². The lowest BCUT2D eigenvalue weighted by atomic mass is 10.00. The molecular weight excluding hydrogens is 284 g/mol. The van der Waals surface area contributed by atoms with Crippen LogP contribution in [0.25, 0.3) is 10.2 Å². The Labute approximate surface area is 129 Å². The number of benzene rings is 1. The Kier molecular flexibility index (Phi) is 4.60. The molecule has 1 aliphatic rings. The van der Waals surface area contributed by atoms with Crippen molar-refractivity contribution in [3.8, 4) is 5.75 Å². The Bertz CT molecular complexity index is 599. The van der Waals surface area contributed by atoms with Crippen LogP contribution >= 0.6 is 11.3 Å². The quantitative estimate of drug-likeness (QED) is 0.878. The van der Waals surface area contributed by atoms with Crippen LogP contribution in [-0.4, -0.2) is 30.8 Å². The van der Waals surface area contributed by atoms with E-state index in [-0.39, 0.29) is 0 Å². The molecule has 2 atom stereocenters. The summed E-state index contributed by atoms with van der Waals surface area (Å²) in [6.45, 7) is 6.71. The zero-order chi connectivity index (χ0) is 14.7. The topological polar surface area (TPSA) is 43.4 Å². The molecule has 0 amide bonds. The molecule has 3 rings (SSSR count). The van der Waals surface area contributed by atoms with Gasteiger partial charge in [0, 0.05) is 19.1 Å². The van der Waals surface area contributed by atoms with E-state index in [4.69, 9.17) is 9.47 Å². The van der Waals surface area contributed by atoms with E-state index in [0.29, 0.717) is 18.6 Å². The highest BCUT2D eigenvalue weighted by Gasteiger charge is 2.26. The van der Waals surface area contributed by atoms with E-state index in [1.807, 2.05) is 19.1 Å². The number of fused-ring (bicyclic) bond motifs is 1. The van der Waals surface area contributed by atoms with E-state index in [0.717, 1.165) is 47.1 Å². The number of nitrogens with zero attached hydrogens (tertiary/aromatic N) is 1. The van der Waals surface area contributed by atoms with E-state index < -0.39 is 0 Å². The van der Waals surface area contributed by atoms with Gasteiger partial charge in [0.05, 0.1) is 22.9 Å². The molecule has 0 radical (unpaired) electrons. The molecule has 4 nitrogen and oxygen atoms in total. The Morgan fingerprint density at radius 1 is 1.43 bits per heavy atom. The number of thiazole rings is 1. The molecule has 0 aliphatic carbocycles. The average molecular weight is 306 g/mol. The maximum Gasteiger partial charge on any atom is 0.183 e. The molecule has 0 saturated carbocycles. The van der Waals surface area contributed by atoms with Crippen molar-refractivity contribution < 1.29 is 9.47 Å². The summed E-state index contributed by atoms with van der Waals surface area (Å²) in [6, 6.07) is 6.07. The highest BCUT2D eigenvalue weighted by Crippen LogP contribution is 2.30. The highest BCUT2D eigenvalue weighted by molar-refractivity contribution is 7.22. The third-order valence-electron chi connectivity index (χ3n) is 3.94. The summed E-state index contributed by atoms with van der Waals surface area (Å²) in [4.78, 5) is 4.64. The van der Waals surface area contributed by atoms with Crippen molar-refractivity contribution in [2.75, 3.05) is 25.1 Å². The van der Waals surface area contributed by atoms with Crippen LogP contribution in [-0.2, 0) is 4.74 Å². The number of hydrogen-bond donors (Lipinski definition) is 1. The van der Waals surface area contributed by atoms with Gasteiger partial charge in [-0.25, -0.2) is 4.98 Å². The standard InChI is InChI=1S/C16H22N2O2S/c1-3-14-11(7-8-20-14)10-17-16-18-13-6-5-12(19-4-2)9-15(13)21-16/h5-6,9,11,14H,3-4,7-8,10H2,1-2H3,(H,17,18). The summed E-state index contributed by atoms with van der Waals surface area (Å²) < 4.78 is 12.4. The molecule has 21 heavy (non-hydrogen) atoms. The molecule has 114 valence electrons. The van der Waals surface area contributed by atoms with Crippen molar-refractivity contribution in [3.63, 3.8) is 0 Å².